The molecule has 4 heteroatoms. The molecule has 0 aliphatic rings. The van der Waals surface area contributed by atoms with Crippen molar-refractivity contribution in [1.82, 2.24) is 5.32 Å². The summed E-state index contributed by atoms with van der Waals surface area (Å²) in [5.41, 5.74) is -0.607. The van der Waals surface area contributed by atoms with Gasteiger partial charge < -0.3 is 4.74 Å². The monoisotopic (exact) mass is 183 g/mol. The summed E-state index contributed by atoms with van der Waals surface area (Å²) in [4.78, 5) is 21.7. The van der Waals surface area contributed by atoms with Gasteiger partial charge >= 0.3 is 12.0 Å². The molecule has 0 spiro atoms. The number of alkyl carbamates (subject to hydrolysis) is 1. The van der Waals surface area contributed by atoms with Gasteiger partial charge in [0.15, 0.2) is 0 Å². The van der Waals surface area contributed by atoms with Gasteiger partial charge in [-0.05, 0) is 33.6 Å². The fourth-order valence-corrected chi connectivity index (χ4v) is 0.541. The highest BCUT2D eigenvalue weighted by Crippen LogP contribution is 2.05. The molecule has 0 fully saturated rings. The smallest absolute Gasteiger partial charge is 0.415 e. The minimum absolute atomic E-state index is 0.607. The third-order valence-corrected chi connectivity index (χ3v) is 0.853. The molecule has 0 saturated carbocycles. The van der Waals surface area contributed by atoms with Gasteiger partial charge in [0.25, 0.3) is 0 Å². The summed E-state index contributed by atoms with van der Waals surface area (Å²) in [5, 5.41) is 1.96. The molecular weight excluding hydrogens is 170 g/mol. The Hall–Kier alpha value is -1.50. The van der Waals surface area contributed by atoms with Crippen LogP contribution in [0.2, 0.25) is 0 Å². The maximum absolute atomic E-state index is 10.9. The van der Waals surface area contributed by atoms with E-state index < -0.39 is 17.6 Å². The number of carbonyl (C=O) groups is 2. The standard InChI is InChI=1S/C9H13NO3/c1-5-6-7(11)10-8(12)13-9(2,3)4/h1-4H3,(H,10,11,12). The Morgan fingerprint density at radius 1 is 1.31 bits per heavy atom. The number of hydrogen-bond acceptors (Lipinski definition) is 3. The molecule has 2 amide bonds. The molecule has 0 aromatic heterocycles. The number of ether oxygens (including phenoxy) is 1. The van der Waals surface area contributed by atoms with Gasteiger partial charge in [-0.25, -0.2) is 4.79 Å². The van der Waals surface area contributed by atoms with E-state index in [-0.39, 0.29) is 0 Å². The Balaban J connectivity index is 4.01. The molecule has 0 aromatic carbocycles. The molecule has 0 aliphatic heterocycles. The molecule has 0 aromatic rings. The topological polar surface area (TPSA) is 55.4 Å². The number of amides is 2. The average molecular weight is 183 g/mol. The van der Waals surface area contributed by atoms with Crippen molar-refractivity contribution < 1.29 is 14.3 Å². The van der Waals surface area contributed by atoms with Crippen molar-refractivity contribution in [3.8, 4) is 11.8 Å². The van der Waals surface area contributed by atoms with Crippen LogP contribution in [0.5, 0.6) is 0 Å². The zero-order valence-electron chi connectivity index (χ0n) is 8.22. The van der Waals surface area contributed by atoms with Crippen LogP contribution in [0.1, 0.15) is 27.7 Å². The predicted octanol–water partition coefficient (Wildman–Crippen LogP) is 1.06. The van der Waals surface area contributed by atoms with Gasteiger partial charge in [0.2, 0.25) is 0 Å². The minimum Gasteiger partial charge on any atom is -0.444 e. The average Bonchev–Trinajstić information content (AvgIpc) is 1.81. The van der Waals surface area contributed by atoms with E-state index in [1.807, 2.05) is 5.32 Å². The van der Waals surface area contributed by atoms with Gasteiger partial charge in [-0.2, -0.15) is 0 Å². The zero-order chi connectivity index (χ0) is 10.5. The van der Waals surface area contributed by atoms with Crippen LogP contribution in [-0.4, -0.2) is 17.6 Å². The molecule has 0 unspecified atom stereocenters. The van der Waals surface area contributed by atoms with E-state index in [9.17, 15) is 9.59 Å². The maximum atomic E-state index is 10.9. The Bertz CT molecular complexity index is 265. The number of carbonyl (C=O) groups excluding carboxylic acids is 2. The molecular formula is C9H13NO3. The summed E-state index contributed by atoms with van der Waals surface area (Å²) in [6, 6.07) is 0. The van der Waals surface area contributed by atoms with Crippen molar-refractivity contribution in [2.24, 2.45) is 0 Å². The van der Waals surface area contributed by atoms with Crippen LogP contribution in [0.4, 0.5) is 4.79 Å². The lowest BCUT2D eigenvalue weighted by Gasteiger charge is -2.18. The summed E-state index contributed by atoms with van der Waals surface area (Å²) in [5.74, 6) is 3.87. The predicted molar refractivity (Wildman–Crippen MR) is 47.8 cm³/mol. The molecule has 0 radical (unpaired) electrons. The van der Waals surface area contributed by atoms with E-state index in [1.165, 1.54) is 6.92 Å². The highest BCUT2D eigenvalue weighted by Gasteiger charge is 2.17. The van der Waals surface area contributed by atoms with Crippen LogP contribution in [0.3, 0.4) is 0 Å². The minimum atomic E-state index is -0.778. The van der Waals surface area contributed by atoms with Gasteiger partial charge in [0.05, 0.1) is 0 Å². The molecule has 13 heavy (non-hydrogen) atoms. The van der Waals surface area contributed by atoms with E-state index >= 15 is 0 Å². The van der Waals surface area contributed by atoms with E-state index in [1.54, 1.807) is 20.8 Å². The molecule has 0 aliphatic carbocycles. The molecule has 0 rings (SSSR count). The van der Waals surface area contributed by atoms with Crippen molar-refractivity contribution in [3.63, 3.8) is 0 Å². The van der Waals surface area contributed by atoms with Crippen molar-refractivity contribution in [2.75, 3.05) is 0 Å². The number of nitrogens with one attached hydrogen (secondary N) is 1. The fourth-order valence-electron chi connectivity index (χ4n) is 0.541. The van der Waals surface area contributed by atoms with Crippen LogP contribution in [0.15, 0.2) is 0 Å². The number of imide groups is 1. The molecule has 0 atom stereocenters. The summed E-state index contributed by atoms with van der Waals surface area (Å²) >= 11 is 0. The highest BCUT2D eigenvalue weighted by molar-refractivity contribution is 6.02. The summed E-state index contributed by atoms with van der Waals surface area (Å²) in [7, 11) is 0. The van der Waals surface area contributed by atoms with E-state index in [2.05, 4.69) is 11.8 Å². The van der Waals surface area contributed by atoms with E-state index in [0.29, 0.717) is 0 Å². The summed E-state index contributed by atoms with van der Waals surface area (Å²) in [6.45, 7) is 6.64. The van der Waals surface area contributed by atoms with Gasteiger partial charge in [-0.1, -0.05) is 5.92 Å². The third kappa shape index (κ3) is 6.88. The molecule has 0 heterocycles. The van der Waals surface area contributed by atoms with Crippen molar-refractivity contribution in [1.29, 1.82) is 0 Å². The Morgan fingerprint density at radius 3 is 2.23 bits per heavy atom. The van der Waals surface area contributed by atoms with Gasteiger partial charge in [0.1, 0.15) is 5.60 Å². The van der Waals surface area contributed by atoms with Crippen LogP contribution in [0, 0.1) is 11.8 Å². The Morgan fingerprint density at radius 2 is 1.85 bits per heavy atom. The second kappa shape index (κ2) is 4.51. The van der Waals surface area contributed by atoms with Gasteiger partial charge in [-0.15, -0.1) is 0 Å². The SMILES string of the molecule is CC#CC(=O)NC(=O)OC(C)(C)C. The van der Waals surface area contributed by atoms with E-state index in [0.717, 1.165) is 0 Å². The first-order chi connectivity index (χ1) is 5.85. The lowest BCUT2D eigenvalue weighted by atomic mass is 10.2. The number of hydrogen-bond donors (Lipinski definition) is 1. The zero-order valence-corrected chi connectivity index (χ0v) is 8.22. The van der Waals surface area contributed by atoms with Crippen molar-refractivity contribution in [3.05, 3.63) is 0 Å². The second-order valence-corrected chi connectivity index (χ2v) is 3.33. The molecule has 4 nitrogen and oxygen atoms in total. The summed E-state index contributed by atoms with van der Waals surface area (Å²) < 4.78 is 4.82. The lowest BCUT2D eigenvalue weighted by Crippen LogP contribution is -2.35. The van der Waals surface area contributed by atoms with Crippen LogP contribution >= 0.6 is 0 Å². The summed E-state index contributed by atoms with van der Waals surface area (Å²) in [6.07, 6.45) is -0.778. The molecule has 1 N–H and O–H groups in total. The maximum Gasteiger partial charge on any atom is 0.415 e. The highest BCUT2D eigenvalue weighted by atomic mass is 16.6. The first-order valence-corrected chi connectivity index (χ1v) is 3.82. The quantitative estimate of drug-likeness (QED) is 0.571. The largest absolute Gasteiger partial charge is 0.444 e. The van der Waals surface area contributed by atoms with Gasteiger partial charge in [-0.3, -0.25) is 10.1 Å². The van der Waals surface area contributed by atoms with Gasteiger partial charge in [0, 0.05) is 0 Å². The van der Waals surface area contributed by atoms with Crippen LogP contribution in [-0.2, 0) is 9.53 Å². The number of rotatable bonds is 0. The van der Waals surface area contributed by atoms with Crippen LogP contribution in [0.25, 0.3) is 0 Å². The second-order valence-electron chi connectivity index (χ2n) is 3.33. The Labute approximate surface area is 77.6 Å². The van der Waals surface area contributed by atoms with E-state index in [4.69, 9.17) is 4.74 Å². The first-order valence-electron chi connectivity index (χ1n) is 3.82. The Kier molecular flexibility index (Phi) is 3.99. The normalized spacial score (nSPS) is 9.54. The molecule has 72 valence electrons. The van der Waals surface area contributed by atoms with Crippen molar-refractivity contribution in [2.45, 2.75) is 33.3 Å². The molecule has 0 saturated heterocycles. The fraction of sp³-hybridized carbons (Fsp3) is 0.556. The van der Waals surface area contributed by atoms with Crippen LogP contribution < -0.4 is 5.32 Å². The third-order valence-electron chi connectivity index (χ3n) is 0.853. The lowest BCUT2D eigenvalue weighted by molar-refractivity contribution is -0.115. The van der Waals surface area contributed by atoms with Crippen molar-refractivity contribution >= 4 is 12.0 Å². The molecule has 0 bridgehead atoms. The first kappa shape index (κ1) is 11.5.